The summed E-state index contributed by atoms with van der Waals surface area (Å²) in [5, 5.41) is 10.5. The third kappa shape index (κ3) is 2.28. The van der Waals surface area contributed by atoms with E-state index in [-0.39, 0.29) is 4.88 Å². The van der Waals surface area contributed by atoms with Gasteiger partial charge < -0.3 is 9.83 Å². The lowest BCUT2D eigenvalue weighted by atomic mass is 10.3. The zero-order valence-corrected chi connectivity index (χ0v) is 8.79. The Balaban J connectivity index is 3.08. The van der Waals surface area contributed by atoms with Crippen LogP contribution in [0.1, 0.15) is 15.2 Å². The van der Waals surface area contributed by atoms with Crippen molar-refractivity contribution in [2.45, 2.75) is 6.92 Å². The largest absolute Gasteiger partial charge is 0.477 e. The summed E-state index contributed by atoms with van der Waals surface area (Å²) in [5.41, 5.74) is 1.26. The SMILES string of the molecule is Cc1csc(C(=O)O)c1NS(C)=O. The van der Waals surface area contributed by atoms with Crippen molar-refractivity contribution in [3.8, 4) is 0 Å². The average Bonchev–Trinajstić information content (AvgIpc) is 2.32. The number of carboxylic acids is 1. The van der Waals surface area contributed by atoms with E-state index in [0.717, 1.165) is 16.9 Å². The summed E-state index contributed by atoms with van der Waals surface area (Å²) in [6, 6.07) is 0. The molecule has 0 saturated carbocycles. The maximum atomic E-state index is 10.8. The lowest BCUT2D eigenvalue weighted by molar-refractivity contribution is 0.0703. The predicted octanol–water partition coefficient (Wildman–Crippen LogP) is 1.46. The lowest BCUT2D eigenvalue weighted by Crippen LogP contribution is -2.05. The highest BCUT2D eigenvalue weighted by Gasteiger charge is 2.15. The molecule has 72 valence electrons. The maximum Gasteiger partial charge on any atom is 0.348 e. The van der Waals surface area contributed by atoms with Gasteiger partial charge in [-0.15, -0.1) is 11.3 Å². The first kappa shape index (κ1) is 10.2. The Bertz CT molecular complexity index is 359. The lowest BCUT2D eigenvalue weighted by Gasteiger charge is -2.02. The summed E-state index contributed by atoms with van der Waals surface area (Å²) in [6.07, 6.45) is 1.46. The van der Waals surface area contributed by atoms with E-state index in [9.17, 15) is 9.00 Å². The Morgan fingerprint density at radius 2 is 2.31 bits per heavy atom. The van der Waals surface area contributed by atoms with E-state index in [4.69, 9.17) is 5.11 Å². The van der Waals surface area contributed by atoms with Crippen LogP contribution in [0, 0.1) is 6.92 Å². The van der Waals surface area contributed by atoms with Crippen LogP contribution in [-0.4, -0.2) is 21.5 Å². The van der Waals surface area contributed by atoms with E-state index in [1.807, 2.05) is 0 Å². The summed E-state index contributed by atoms with van der Waals surface area (Å²) in [6.45, 7) is 1.78. The first-order valence-electron chi connectivity index (χ1n) is 3.44. The minimum absolute atomic E-state index is 0.202. The summed E-state index contributed by atoms with van der Waals surface area (Å²) < 4.78 is 13.5. The van der Waals surface area contributed by atoms with Crippen LogP contribution >= 0.6 is 11.3 Å². The van der Waals surface area contributed by atoms with Gasteiger partial charge in [-0.2, -0.15) is 0 Å². The third-order valence-corrected chi connectivity index (χ3v) is 2.99. The van der Waals surface area contributed by atoms with Gasteiger partial charge in [-0.1, -0.05) is 0 Å². The molecule has 0 saturated heterocycles. The maximum absolute atomic E-state index is 10.8. The van der Waals surface area contributed by atoms with E-state index >= 15 is 0 Å². The van der Waals surface area contributed by atoms with Gasteiger partial charge in [0.15, 0.2) is 0 Å². The van der Waals surface area contributed by atoms with Crippen molar-refractivity contribution in [3.05, 3.63) is 15.8 Å². The van der Waals surface area contributed by atoms with Gasteiger partial charge >= 0.3 is 5.97 Å². The molecule has 0 aliphatic carbocycles. The Morgan fingerprint density at radius 1 is 1.69 bits per heavy atom. The molecule has 0 aliphatic heterocycles. The molecular formula is C7H9NO3S2. The van der Waals surface area contributed by atoms with E-state index < -0.39 is 17.0 Å². The summed E-state index contributed by atoms with van der Waals surface area (Å²) >= 11 is 1.13. The Labute approximate surface area is 82.2 Å². The fourth-order valence-corrected chi connectivity index (χ4v) is 2.33. The number of nitrogens with one attached hydrogen (secondary N) is 1. The quantitative estimate of drug-likeness (QED) is 0.808. The molecule has 0 aromatic carbocycles. The highest BCUT2D eigenvalue weighted by molar-refractivity contribution is 7.85. The van der Waals surface area contributed by atoms with E-state index in [2.05, 4.69) is 4.72 Å². The molecule has 13 heavy (non-hydrogen) atoms. The molecule has 1 unspecified atom stereocenters. The van der Waals surface area contributed by atoms with Gasteiger partial charge in [0.2, 0.25) is 0 Å². The third-order valence-electron chi connectivity index (χ3n) is 1.41. The van der Waals surface area contributed by atoms with Crippen molar-refractivity contribution in [2.24, 2.45) is 0 Å². The Hall–Kier alpha value is -0.880. The fraction of sp³-hybridized carbons (Fsp3) is 0.286. The van der Waals surface area contributed by atoms with Crippen LogP contribution in [0.4, 0.5) is 5.69 Å². The molecule has 0 aliphatic rings. The van der Waals surface area contributed by atoms with Gasteiger partial charge in [0.05, 0.1) is 5.69 Å². The number of carboxylic acid groups (broad SMARTS) is 1. The van der Waals surface area contributed by atoms with E-state index in [1.54, 1.807) is 12.3 Å². The number of aryl methyl sites for hydroxylation is 1. The van der Waals surface area contributed by atoms with Crippen LogP contribution in [-0.2, 0) is 11.0 Å². The molecule has 1 rings (SSSR count). The standard InChI is InChI=1S/C7H9NO3S2/c1-4-3-12-6(7(9)10)5(4)8-13(2)11/h3,8H,1-2H3,(H,9,10). The van der Waals surface area contributed by atoms with Gasteiger partial charge in [0.1, 0.15) is 15.9 Å². The molecule has 1 atom stereocenters. The van der Waals surface area contributed by atoms with Crippen molar-refractivity contribution in [1.29, 1.82) is 0 Å². The Morgan fingerprint density at radius 3 is 2.77 bits per heavy atom. The summed E-state index contributed by atoms with van der Waals surface area (Å²) in [5.74, 6) is -0.994. The van der Waals surface area contributed by atoms with Crippen molar-refractivity contribution in [1.82, 2.24) is 0 Å². The smallest absolute Gasteiger partial charge is 0.348 e. The minimum atomic E-state index is -1.24. The van der Waals surface area contributed by atoms with E-state index in [0.29, 0.717) is 5.69 Å². The van der Waals surface area contributed by atoms with Crippen molar-refractivity contribution >= 4 is 34.0 Å². The molecule has 2 N–H and O–H groups in total. The van der Waals surface area contributed by atoms with Gasteiger partial charge in [-0.05, 0) is 17.9 Å². The summed E-state index contributed by atoms with van der Waals surface area (Å²) in [7, 11) is -1.24. The molecule has 0 radical (unpaired) electrons. The molecule has 0 amide bonds. The van der Waals surface area contributed by atoms with Crippen LogP contribution < -0.4 is 4.72 Å². The van der Waals surface area contributed by atoms with Crippen LogP contribution in [0.5, 0.6) is 0 Å². The zero-order valence-electron chi connectivity index (χ0n) is 7.16. The predicted molar refractivity (Wildman–Crippen MR) is 53.7 cm³/mol. The number of rotatable bonds is 3. The highest BCUT2D eigenvalue weighted by Crippen LogP contribution is 2.27. The number of hydrogen-bond acceptors (Lipinski definition) is 3. The second-order valence-electron chi connectivity index (χ2n) is 2.48. The fourth-order valence-electron chi connectivity index (χ4n) is 0.872. The number of carbonyl (C=O) groups is 1. The second kappa shape index (κ2) is 3.89. The molecule has 6 heteroatoms. The van der Waals surface area contributed by atoms with Crippen molar-refractivity contribution in [2.75, 3.05) is 11.0 Å². The Kier molecular flexibility index (Phi) is 3.05. The summed E-state index contributed by atoms with van der Waals surface area (Å²) in [4.78, 5) is 10.9. The van der Waals surface area contributed by atoms with Crippen LogP contribution in [0.15, 0.2) is 5.38 Å². The number of anilines is 1. The molecular weight excluding hydrogens is 210 g/mol. The minimum Gasteiger partial charge on any atom is -0.477 e. The van der Waals surface area contributed by atoms with Crippen LogP contribution in [0.25, 0.3) is 0 Å². The van der Waals surface area contributed by atoms with Gasteiger partial charge in [0, 0.05) is 6.26 Å². The van der Waals surface area contributed by atoms with Gasteiger partial charge in [-0.3, -0.25) is 0 Å². The zero-order chi connectivity index (χ0) is 10.0. The first-order valence-corrected chi connectivity index (χ1v) is 5.87. The van der Waals surface area contributed by atoms with Gasteiger partial charge in [-0.25, -0.2) is 9.00 Å². The van der Waals surface area contributed by atoms with Crippen molar-refractivity contribution < 1.29 is 14.1 Å². The van der Waals surface area contributed by atoms with E-state index in [1.165, 1.54) is 6.26 Å². The molecule has 1 heterocycles. The molecule has 0 bridgehead atoms. The highest BCUT2D eigenvalue weighted by atomic mass is 32.2. The van der Waals surface area contributed by atoms with Crippen LogP contribution in [0.3, 0.4) is 0 Å². The first-order chi connectivity index (χ1) is 6.02. The molecule has 1 aromatic heterocycles. The normalized spacial score (nSPS) is 12.5. The van der Waals surface area contributed by atoms with Gasteiger partial charge in [0.25, 0.3) is 0 Å². The van der Waals surface area contributed by atoms with Crippen molar-refractivity contribution in [3.63, 3.8) is 0 Å². The second-order valence-corrected chi connectivity index (χ2v) is 4.48. The average molecular weight is 219 g/mol. The molecule has 4 nitrogen and oxygen atoms in total. The topological polar surface area (TPSA) is 66.4 Å². The number of aromatic carboxylic acids is 1. The number of hydrogen-bond donors (Lipinski definition) is 2. The number of thiophene rings is 1. The molecule has 0 spiro atoms. The molecule has 1 aromatic rings. The van der Waals surface area contributed by atoms with Crippen LogP contribution in [0.2, 0.25) is 0 Å². The monoisotopic (exact) mass is 219 g/mol. The molecule has 0 fully saturated rings.